The van der Waals surface area contributed by atoms with Crippen LogP contribution in [0.2, 0.25) is 5.02 Å². The molecule has 7 nitrogen and oxygen atoms in total. The number of thioether (sulfide) groups is 1. The SMILES string of the molecule is CCOC(=O)C1=C(c2ccccc2)N=c2s/c(=C\c3cccc(OC)c3OCc3cccc(Cl)c3)c(=O)n2[C@H]1c1ccc(SC)cc1. The van der Waals surface area contributed by atoms with Crippen molar-refractivity contribution in [3.63, 3.8) is 0 Å². The molecular weight excluding hydrogens is 652 g/mol. The zero-order valence-electron chi connectivity index (χ0n) is 25.9. The molecule has 0 bridgehead atoms. The molecule has 10 heteroatoms. The number of hydrogen-bond acceptors (Lipinski definition) is 8. The lowest BCUT2D eigenvalue weighted by Crippen LogP contribution is -2.40. The molecule has 1 aliphatic rings. The van der Waals surface area contributed by atoms with Crippen molar-refractivity contribution in [1.29, 1.82) is 0 Å². The van der Waals surface area contributed by atoms with Crippen LogP contribution in [0.25, 0.3) is 11.8 Å². The van der Waals surface area contributed by atoms with Crippen LogP contribution in [0.4, 0.5) is 0 Å². The third-order valence-electron chi connectivity index (χ3n) is 7.59. The lowest BCUT2D eigenvalue weighted by molar-refractivity contribution is -0.138. The number of para-hydroxylation sites is 1. The molecule has 238 valence electrons. The molecule has 0 amide bonds. The average Bonchev–Trinajstić information content (AvgIpc) is 3.41. The van der Waals surface area contributed by atoms with E-state index < -0.39 is 12.0 Å². The Morgan fingerprint density at radius 1 is 1.02 bits per heavy atom. The average molecular weight is 683 g/mol. The van der Waals surface area contributed by atoms with Crippen molar-refractivity contribution in [3.8, 4) is 11.5 Å². The number of nitrogens with zero attached hydrogens (tertiary/aromatic N) is 2. The molecule has 2 heterocycles. The van der Waals surface area contributed by atoms with Gasteiger partial charge in [-0.2, -0.15) is 0 Å². The second-order valence-electron chi connectivity index (χ2n) is 10.5. The molecule has 47 heavy (non-hydrogen) atoms. The Bertz CT molecular complexity index is 2140. The van der Waals surface area contributed by atoms with Gasteiger partial charge in [-0.05, 0) is 60.7 Å². The van der Waals surface area contributed by atoms with Gasteiger partial charge in [-0.25, -0.2) is 9.79 Å². The van der Waals surface area contributed by atoms with Crippen LogP contribution in [-0.4, -0.2) is 30.5 Å². The lowest BCUT2D eigenvalue weighted by Gasteiger charge is -2.26. The highest BCUT2D eigenvalue weighted by Gasteiger charge is 2.35. The summed E-state index contributed by atoms with van der Waals surface area (Å²) in [5.41, 5.74) is 3.57. The normalized spacial score (nSPS) is 14.4. The van der Waals surface area contributed by atoms with Crippen LogP contribution >= 0.6 is 34.7 Å². The summed E-state index contributed by atoms with van der Waals surface area (Å²) in [6, 6.07) is 29.6. The number of halogens is 1. The molecule has 1 atom stereocenters. The largest absolute Gasteiger partial charge is 0.493 e. The minimum Gasteiger partial charge on any atom is -0.493 e. The van der Waals surface area contributed by atoms with Gasteiger partial charge in [-0.1, -0.05) is 89.7 Å². The van der Waals surface area contributed by atoms with E-state index in [0.29, 0.717) is 42.7 Å². The number of fused-ring (bicyclic) bond motifs is 1. The fourth-order valence-corrected chi connectivity index (χ4v) is 7.04. The number of carbonyl (C=O) groups is 1. The molecule has 0 fully saturated rings. The maximum Gasteiger partial charge on any atom is 0.338 e. The summed E-state index contributed by atoms with van der Waals surface area (Å²) in [6.07, 6.45) is 3.78. The van der Waals surface area contributed by atoms with Crippen LogP contribution in [0.1, 0.15) is 35.2 Å². The molecule has 0 spiro atoms. The maximum absolute atomic E-state index is 14.4. The Balaban J connectivity index is 1.55. The van der Waals surface area contributed by atoms with E-state index in [9.17, 15) is 9.59 Å². The summed E-state index contributed by atoms with van der Waals surface area (Å²) in [5.74, 6) is 0.492. The summed E-state index contributed by atoms with van der Waals surface area (Å²) in [4.78, 5) is 34.6. The van der Waals surface area contributed by atoms with E-state index in [1.807, 2.05) is 97.3 Å². The lowest BCUT2D eigenvalue weighted by atomic mass is 9.93. The third-order valence-corrected chi connectivity index (χ3v) is 9.55. The molecule has 0 radical (unpaired) electrons. The molecular formula is C37H31ClN2O5S2. The van der Waals surface area contributed by atoms with E-state index in [-0.39, 0.29) is 18.8 Å². The highest BCUT2D eigenvalue weighted by atomic mass is 35.5. The molecule has 0 N–H and O–H groups in total. The molecule has 6 rings (SSSR count). The van der Waals surface area contributed by atoms with Crippen LogP contribution in [-0.2, 0) is 16.1 Å². The Morgan fingerprint density at radius 2 is 1.79 bits per heavy atom. The first kappa shape index (κ1) is 32.4. The van der Waals surface area contributed by atoms with E-state index in [0.717, 1.165) is 21.6 Å². The molecule has 5 aromatic rings. The van der Waals surface area contributed by atoms with Crippen LogP contribution in [0, 0.1) is 0 Å². The summed E-state index contributed by atoms with van der Waals surface area (Å²) in [5, 5.41) is 0.613. The molecule has 1 aromatic heterocycles. The number of carbonyl (C=O) groups excluding carboxylic acids is 1. The second kappa shape index (κ2) is 14.5. The fourth-order valence-electron chi connectivity index (χ4n) is 5.43. The summed E-state index contributed by atoms with van der Waals surface area (Å²) >= 11 is 9.06. The number of hydrogen-bond donors (Lipinski definition) is 0. The molecule has 0 saturated carbocycles. The van der Waals surface area contributed by atoms with Crippen LogP contribution in [0.5, 0.6) is 11.5 Å². The second-order valence-corrected chi connectivity index (χ2v) is 12.8. The van der Waals surface area contributed by atoms with Gasteiger partial charge in [0.05, 0.1) is 35.6 Å². The molecule has 0 saturated heterocycles. The number of esters is 1. The van der Waals surface area contributed by atoms with E-state index in [1.165, 1.54) is 11.3 Å². The number of thiazole rings is 1. The Labute approximate surface area is 285 Å². The first-order valence-electron chi connectivity index (χ1n) is 14.9. The van der Waals surface area contributed by atoms with Gasteiger partial charge in [0.1, 0.15) is 6.61 Å². The van der Waals surface area contributed by atoms with Crippen molar-refractivity contribution in [2.45, 2.75) is 24.5 Å². The number of methoxy groups -OCH3 is 1. The highest BCUT2D eigenvalue weighted by Crippen LogP contribution is 2.36. The van der Waals surface area contributed by atoms with Crippen molar-refractivity contribution < 1.29 is 19.0 Å². The van der Waals surface area contributed by atoms with Crippen molar-refractivity contribution in [3.05, 3.63) is 150 Å². The predicted octanol–water partition coefficient (Wildman–Crippen LogP) is 6.90. The van der Waals surface area contributed by atoms with E-state index in [4.69, 9.17) is 30.8 Å². The van der Waals surface area contributed by atoms with Gasteiger partial charge in [0.15, 0.2) is 16.3 Å². The minimum atomic E-state index is -0.762. The Morgan fingerprint density at radius 3 is 2.49 bits per heavy atom. The smallest absolute Gasteiger partial charge is 0.338 e. The predicted molar refractivity (Wildman–Crippen MR) is 188 cm³/mol. The topological polar surface area (TPSA) is 79.1 Å². The van der Waals surface area contributed by atoms with Crippen molar-refractivity contribution in [2.75, 3.05) is 20.0 Å². The van der Waals surface area contributed by atoms with Crippen molar-refractivity contribution >= 4 is 52.4 Å². The molecule has 4 aromatic carbocycles. The highest BCUT2D eigenvalue weighted by molar-refractivity contribution is 7.98. The van der Waals surface area contributed by atoms with Crippen LogP contribution < -0.4 is 24.4 Å². The van der Waals surface area contributed by atoms with E-state index in [2.05, 4.69) is 0 Å². The number of benzene rings is 4. The van der Waals surface area contributed by atoms with Gasteiger partial charge in [-0.3, -0.25) is 9.36 Å². The van der Waals surface area contributed by atoms with Gasteiger partial charge in [-0.15, -0.1) is 11.8 Å². The first-order valence-corrected chi connectivity index (χ1v) is 17.3. The zero-order valence-corrected chi connectivity index (χ0v) is 28.3. The molecule has 0 aliphatic carbocycles. The molecule has 0 unspecified atom stereocenters. The summed E-state index contributed by atoms with van der Waals surface area (Å²) in [6.45, 7) is 2.19. The van der Waals surface area contributed by atoms with Crippen molar-refractivity contribution in [2.24, 2.45) is 4.99 Å². The van der Waals surface area contributed by atoms with Gasteiger partial charge in [0.25, 0.3) is 5.56 Å². The van der Waals surface area contributed by atoms with E-state index in [1.54, 1.807) is 42.5 Å². The molecule has 1 aliphatic heterocycles. The first-order chi connectivity index (χ1) is 22.9. The van der Waals surface area contributed by atoms with E-state index >= 15 is 0 Å². The van der Waals surface area contributed by atoms with Gasteiger partial charge >= 0.3 is 5.97 Å². The number of aromatic nitrogens is 1. The monoisotopic (exact) mass is 682 g/mol. The van der Waals surface area contributed by atoms with Crippen LogP contribution in [0.15, 0.2) is 117 Å². The van der Waals surface area contributed by atoms with Gasteiger partial charge in [0.2, 0.25) is 0 Å². The Hall–Kier alpha value is -4.57. The maximum atomic E-state index is 14.4. The van der Waals surface area contributed by atoms with Crippen molar-refractivity contribution in [1.82, 2.24) is 4.57 Å². The summed E-state index contributed by atoms with van der Waals surface area (Å²) in [7, 11) is 1.57. The Kier molecular flexibility index (Phi) is 9.96. The standard InChI is InChI=1S/C37H31ClN2O5S2/c1-4-44-36(42)31-32(24-11-6-5-7-12-24)39-37-40(33(31)25-16-18-28(46-3)19-17-25)35(41)30(47-37)21-26-13-9-15-29(43-2)34(26)45-22-23-10-8-14-27(38)20-23/h5-21,33H,4,22H2,1-3H3/b30-21-/t33-/m0/s1. The third kappa shape index (κ3) is 6.79. The van der Waals surface area contributed by atoms with Gasteiger partial charge < -0.3 is 14.2 Å². The minimum absolute atomic E-state index is 0.181. The number of ether oxygens (including phenoxy) is 3. The zero-order chi connectivity index (χ0) is 32.9. The number of rotatable bonds is 10. The quantitative estimate of drug-likeness (QED) is 0.118. The summed E-state index contributed by atoms with van der Waals surface area (Å²) < 4.78 is 19.5. The van der Waals surface area contributed by atoms with Gasteiger partial charge in [0, 0.05) is 21.0 Å². The fraction of sp³-hybridized carbons (Fsp3) is 0.162. The van der Waals surface area contributed by atoms with Crippen LogP contribution in [0.3, 0.4) is 0 Å².